The van der Waals surface area contributed by atoms with Gasteiger partial charge in [-0.3, -0.25) is 9.59 Å². The maximum atomic E-state index is 11.6. The van der Waals surface area contributed by atoms with Crippen LogP contribution in [0.4, 0.5) is 0 Å². The molecule has 0 aliphatic carbocycles. The number of hydrogen-bond acceptors (Lipinski definition) is 4. The molecule has 0 fully saturated rings. The number of nitrogens with one attached hydrogen (secondary N) is 1. The fourth-order valence-corrected chi connectivity index (χ4v) is 1.05. The number of likely N-dealkylation sites (N-methyl/N-ethyl adjacent to an activating group) is 1. The van der Waals surface area contributed by atoms with E-state index < -0.39 is 6.10 Å². The van der Waals surface area contributed by atoms with Gasteiger partial charge >= 0.3 is 0 Å². The molecule has 0 aromatic rings. The predicted octanol–water partition coefficient (Wildman–Crippen LogP) is -1.45. The van der Waals surface area contributed by atoms with Crippen molar-refractivity contribution in [3.05, 3.63) is 0 Å². The van der Waals surface area contributed by atoms with E-state index in [4.69, 9.17) is 10.5 Å². The van der Waals surface area contributed by atoms with Crippen LogP contribution in [0.15, 0.2) is 0 Å². The molecule has 88 valence electrons. The molecule has 0 aromatic carbocycles. The van der Waals surface area contributed by atoms with Gasteiger partial charge in [-0.1, -0.05) is 0 Å². The number of nitrogens with zero attached hydrogens (tertiary/aromatic N) is 1. The Bertz CT molecular complexity index is 217. The van der Waals surface area contributed by atoms with Crippen molar-refractivity contribution >= 4 is 11.8 Å². The van der Waals surface area contributed by atoms with Gasteiger partial charge in [0.1, 0.15) is 6.10 Å². The maximum absolute atomic E-state index is 11.6. The van der Waals surface area contributed by atoms with Crippen LogP contribution in [0.5, 0.6) is 0 Å². The standard InChI is InChI=1S/C9H19N3O3/c1-11-8(13)4-5-12(2)9(14)7(6-10)15-3/h7H,4-6,10H2,1-3H3,(H,11,13). The summed E-state index contributed by atoms with van der Waals surface area (Å²) in [6.45, 7) is 0.498. The molecule has 2 amide bonds. The highest BCUT2D eigenvalue weighted by atomic mass is 16.5. The molecular weight excluding hydrogens is 198 g/mol. The number of methoxy groups -OCH3 is 1. The minimum atomic E-state index is -0.625. The van der Waals surface area contributed by atoms with E-state index in [1.807, 2.05) is 0 Å². The van der Waals surface area contributed by atoms with Crippen LogP contribution in [-0.2, 0) is 14.3 Å². The Morgan fingerprint density at radius 1 is 1.53 bits per heavy atom. The van der Waals surface area contributed by atoms with Gasteiger partial charge in [0.25, 0.3) is 5.91 Å². The van der Waals surface area contributed by atoms with Crippen molar-refractivity contribution in [1.82, 2.24) is 10.2 Å². The average Bonchev–Trinajstić information content (AvgIpc) is 2.26. The molecule has 0 heterocycles. The molecule has 0 bridgehead atoms. The van der Waals surface area contributed by atoms with Gasteiger partial charge in [-0.2, -0.15) is 0 Å². The molecule has 0 saturated heterocycles. The Morgan fingerprint density at radius 2 is 2.13 bits per heavy atom. The number of carbonyl (C=O) groups is 2. The van der Waals surface area contributed by atoms with Crippen LogP contribution < -0.4 is 11.1 Å². The second kappa shape index (κ2) is 7.19. The summed E-state index contributed by atoms with van der Waals surface area (Å²) in [5, 5.41) is 2.48. The average molecular weight is 217 g/mol. The topological polar surface area (TPSA) is 84.7 Å². The first-order valence-electron chi connectivity index (χ1n) is 4.75. The van der Waals surface area contributed by atoms with Crippen LogP contribution in [0.1, 0.15) is 6.42 Å². The Hall–Kier alpha value is -1.14. The van der Waals surface area contributed by atoms with E-state index >= 15 is 0 Å². The first-order valence-corrected chi connectivity index (χ1v) is 4.75. The lowest BCUT2D eigenvalue weighted by molar-refractivity contribution is -0.140. The minimum absolute atomic E-state index is 0.101. The zero-order chi connectivity index (χ0) is 11.8. The summed E-state index contributed by atoms with van der Waals surface area (Å²) in [7, 11) is 4.61. The number of amides is 2. The number of carbonyl (C=O) groups excluding carboxylic acids is 2. The van der Waals surface area contributed by atoms with Gasteiger partial charge in [0.05, 0.1) is 0 Å². The van der Waals surface area contributed by atoms with E-state index in [0.29, 0.717) is 6.54 Å². The third-order valence-electron chi connectivity index (χ3n) is 2.10. The van der Waals surface area contributed by atoms with Gasteiger partial charge in [-0.15, -0.1) is 0 Å². The molecule has 0 spiro atoms. The van der Waals surface area contributed by atoms with E-state index in [-0.39, 0.29) is 24.8 Å². The molecule has 3 N–H and O–H groups in total. The normalized spacial score (nSPS) is 12.0. The molecule has 0 aliphatic heterocycles. The zero-order valence-electron chi connectivity index (χ0n) is 9.45. The molecule has 6 heteroatoms. The quantitative estimate of drug-likeness (QED) is 0.570. The molecular formula is C9H19N3O3. The fraction of sp³-hybridized carbons (Fsp3) is 0.778. The lowest BCUT2D eigenvalue weighted by Crippen LogP contribution is -2.42. The summed E-state index contributed by atoms with van der Waals surface area (Å²) in [4.78, 5) is 24.0. The van der Waals surface area contributed by atoms with Gasteiger partial charge in [0, 0.05) is 40.7 Å². The summed E-state index contributed by atoms with van der Waals surface area (Å²) in [6, 6.07) is 0. The first kappa shape index (κ1) is 13.9. The second-order valence-corrected chi connectivity index (χ2v) is 3.14. The van der Waals surface area contributed by atoms with Gasteiger partial charge in [0.15, 0.2) is 0 Å². The van der Waals surface area contributed by atoms with Crippen LogP contribution in [0, 0.1) is 0 Å². The second-order valence-electron chi connectivity index (χ2n) is 3.14. The summed E-state index contributed by atoms with van der Waals surface area (Å²) in [5.41, 5.74) is 5.35. The summed E-state index contributed by atoms with van der Waals surface area (Å²) < 4.78 is 4.90. The van der Waals surface area contributed by atoms with Crippen molar-refractivity contribution < 1.29 is 14.3 Å². The SMILES string of the molecule is CNC(=O)CCN(C)C(=O)C(CN)OC. The monoisotopic (exact) mass is 217 g/mol. The van der Waals surface area contributed by atoms with Crippen molar-refractivity contribution in [2.45, 2.75) is 12.5 Å². The van der Waals surface area contributed by atoms with Crippen molar-refractivity contribution in [2.75, 3.05) is 34.3 Å². The number of nitrogens with two attached hydrogens (primary N) is 1. The highest BCUT2D eigenvalue weighted by molar-refractivity contribution is 5.82. The number of rotatable bonds is 6. The molecule has 1 unspecified atom stereocenters. The fourth-order valence-electron chi connectivity index (χ4n) is 1.05. The molecule has 0 rings (SSSR count). The van der Waals surface area contributed by atoms with Crippen LogP contribution in [0.2, 0.25) is 0 Å². The van der Waals surface area contributed by atoms with Gasteiger partial charge < -0.3 is 20.7 Å². The van der Waals surface area contributed by atoms with E-state index in [2.05, 4.69) is 5.32 Å². The van der Waals surface area contributed by atoms with E-state index in [1.165, 1.54) is 12.0 Å². The lowest BCUT2D eigenvalue weighted by atomic mass is 10.3. The molecule has 0 aliphatic rings. The van der Waals surface area contributed by atoms with Crippen LogP contribution >= 0.6 is 0 Å². The smallest absolute Gasteiger partial charge is 0.252 e. The summed E-state index contributed by atoms with van der Waals surface area (Å²) >= 11 is 0. The molecule has 6 nitrogen and oxygen atoms in total. The highest BCUT2D eigenvalue weighted by Gasteiger charge is 2.20. The van der Waals surface area contributed by atoms with Crippen LogP contribution in [0.3, 0.4) is 0 Å². The van der Waals surface area contributed by atoms with Crippen molar-refractivity contribution in [2.24, 2.45) is 5.73 Å². The third kappa shape index (κ3) is 4.75. The molecule has 0 radical (unpaired) electrons. The summed E-state index contributed by atoms with van der Waals surface area (Å²) in [6.07, 6.45) is -0.348. The first-order chi connectivity index (χ1) is 7.06. The van der Waals surface area contributed by atoms with Gasteiger partial charge in [-0.25, -0.2) is 0 Å². The van der Waals surface area contributed by atoms with E-state index in [9.17, 15) is 9.59 Å². The Balaban J connectivity index is 4.03. The highest BCUT2D eigenvalue weighted by Crippen LogP contribution is 1.96. The largest absolute Gasteiger partial charge is 0.370 e. The van der Waals surface area contributed by atoms with Crippen molar-refractivity contribution in [1.29, 1.82) is 0 Å². The van der Waals surface area contributed by atoms with Crippen molar-refractivity contribution in [3.8, 4) is 0 Å². The number of ether oxygens (including phenoxy) is 1. The Morgan fingerprint density at radius 3 is 2.53 bits per heavy atom. The molecule has 0 aromatic heterocycles. The zero-order valence-corrected chi connectivity index (χ0v) is 9.45. The Labute approximate surface area is 89.7 Å². The molecule has 1 atom stereocenters. The predicted molar refractivity (Wildman–Crippen MR) is 56.2 cm³/mol. The third-order valence-corrected chi connectivity index (χ3v) is 2.10. The van der Waals surface area contributed by atoms with Gasteiger partial charge in [-0.05, 0) is 0 Å². The van der Waals surface area contributed by atoms with E-state index in [1.54, 1.807) is 14.1 Å². The molecule has 15 heavy (non-hydrogen) atoms. The van der Waals surface area contributed by atoms with Gasteiger partial charge in [0.2, 0.25) is 5.91 Å². The lowest BCUT2D eigenvalue weighted by Gasteiger charge is -2.21. The summed E-state index contributed by atoms with van der Waals surface area (Å²) in [5.74, 6) is -0.305. The van der Waals surface area contributed by atoms with E-state index in [0.717, 1.165) is 0 Å². The van der Waals surface area contributed by atoms with Crippen LogP contribution in [0.25, 0.3) is 0 Å². The molecule has 0 saturated carbocycles. The Kier molecular flexibility index (Phi) is 6.64. The van der Waals surface area contributed by atoms with Crippen molar-refractivity contribution in [3.63, 3.8) is 0 Å². The van der Waals surface area contributed by atoms with Crippen LogP contribution in [-0.4, -0.2) is 57.1 Å². The maximum Gasteiger partial charge on any atom is 0.252 e. The minimum Gasteiger partial charge on any atom is -0.370 e. The number of hydrogen-bond donors (Lipinski definition) is 2.